The van der Waals surface area contributed by atoms with Crippen LogP contribution >= 0.6 is 0 Å². The summed E-state index contributed by atoms with van der Waals surface area (Å²) < 4.78 is 40.5. The summed E-state index contributed by atoms with van der Waals surface area (Å²) >= 11 is 0. The van der Waals surface area contributed by atoms with Gasteiger partial charge in [-0.3, -0.25) is 0 Å². The summed E-state index contributed by atoms with van der Waals surface area (Å²) in [6.07, 6.45) is 1.09. The summed E-state index contributed by atoms with van der Waals surface area (Å²) in [5.74, 6) is 0.803. The smallest absolute Gasteiger partial charge is 0.347 e. The Morgan fingerprint density at radius 2 is 1.67 bits per heavy atom. The maximum atomic E-state index is 12.5. The van der Waals surface area contributed by atoms with Crippen molar-refractivity contribution in [3.8, 4) is 23.0 Å². The van der Waals surface area contributed by atoms with Gasteiger partial charge in [0.05, 0.1) is 34.6 Å². The van der Waals surface area contributed by atoms with E-state index in [0.717, 1.165) is 6.26 Å². The topological polar surface area (TPSA) is 95.7 Å². The first-order chi connectivity index (χ1) is 12.8. The number of aromatic nitrogens is 1. The molecule has 0 aliphatic heterocycles. The first-order valence-corrected chi connectivity index (χ1v) is 10.3. The summed E-state index contributed by atoms with van der Waals surface area (Å²) in [5, 5.41) is 0.225. The van der Waals surface area contributed by atoms with E-state index in [2.05, 4.69) is 4.98 Å². The van der Waals surface area contributed by atoms with Crippen molar-refractivity contribution in [1.82, 2.24) is 4.98 Å². The highest BCUT2D eigenvalue weighted by atomic mass is 32.2. The van der Waals surface area contributed by atoms with Gasteiger partial charge in [-0.2, -0.15) is 0 Å². The zero-order chi connectivity index (χ0) is 19.6. The van der Waals surface area contributed by atoms with Crippen LogP contribution in [0.4, 0.5) is 0 Å². The van der Waals surface area contributed by atoms with Gasteiger partial charge in [0.25, 0.3) is 0 Å². The lowest BCUT2D eigenvalue weighted by Gasteiger charge is -2.12. The van der Waals surface area contributed by atoms with Crippen molar-refractivity contribution >= 4 is 20.7 Å². The Kier molecular flexibility index (Phi) is 5.18. The number of hydrogen-bond donors (Lipinski definition) is 0. The second-order valence-corrected chi connectivity index (χ2v) is 7.74. The van der Waals surface area contributed by atoms with E-state index in [1.807, 2.05) is 13.8 Å². The van der Waals surface area contributed by atoms with Gasteiger partial charge < -0.3 is 13.9 Å². The normalized spacial score (nSPS) is 11.5. The molecular formula is C19H19NO6S. The molecule has 142 valence electrons. The predicted molar refractivity (Wildman–Crippen MR) is 101 cm³/mol. The minimum atomic E-state index is -3.53. The largest absolute Gasteiger partial charge is 0.490 e. The average molecular weight is 389 g/mol. The van der Waals surface area contributed by atoms with Gasteiger partial charge in [0, 0.05) is 18.4 Å². The molecule has 1 heterocycles. The van der Waals surface area contributed by atoms with Gasteiger partial charge in [-0.25, -0.2) is 18.2 Å². The fourth-order valence-corrected chi connectivity index (χ4v) is 3.58. The Morgan fingerprint density at radius 1 is 1.04 bits per heavy atom. The number of ether oxygens (including phenoxy) is 2. The molecule has 0 aliphatic carbocycles. The molecule has 2 aromatic carbocycles. The van der Waals surface area contributed by atoms with E-state index < -0.39 is 15.5 Å². The molecule has 7 nitrogen and oxygen atoms in total. The van der Waals surface area contributed by atoms with Crippen LogP contribution in [-0.4, -0.2) is 32.9 Å². The Bertz CT molecular complexity index is 1150. The third-order valence-corrected chi connectivity index (χ3v) is 4.96. The Morgan fingerprint density at radius 3 is 2.30 bits per heavy atom. The van der Waals surface area contributed by atoms with Crippen LogP contribution in [0.2, 0.25) is 0 Å². The molecule has 0 amide bonds. The molecule has 0 bridgehead atoms. The monoisotopic (exact) mass is 389 g/mol. The highest BCUT2D eigenvalue weighted by Gasteiger charge is 2.19. The van der Waals surface area contributed by atoms with Crippen molar-refractivity contribution in [3.05, 3.63) is 46.8 Å². The lowest BCUT2D eigenvalue weighted by molar-refractivity contribution is 0.288. The van der Waals surface area contributed by atoms with Gasteiger partial charge in [-0.05, 0) is 26.0 Å². The molecule has 0 fully saturated rings. The van der Waals surface area contributed by atoms with Crippen LogP contribution in [0.25, 0.3) is 22.4 Å². The van der Waals surface area contributed by atoms with E-state index in [1.54, 1.807) is 24.3 Å². The van der Waals surface area contributed by atoms with Crippen LogP contribution in [0.5, 0.6) is 11.5 Å². The first kappa shape index (κ1) is 18.9. The molecule has 27 heavy (non-hydrogen) atoms. The number of sulfone groups is 1. The van der Waals surface area contributed by atoms with Crippen molar-refractivity contribution in [3.63, 3.8) is 0 Å². The number of nitrogens with zero attached hydrogens (tertiary/aromatic N) is 1. The van der Waals surface area contributed by atoms with Crippen molar-refractivity contribution in [1.29, 1.82) is 0 Å². The summed E-state index contributed by atoms with van der Waals surface area (Å²) in [7, 11) is -3.53. The van der Waals surface area contributed by atoms with Crippen LogP contribution in [0, 0.1) is 0 Å². The van der Waals surface area contributed by atoms with E-state index >= 15 is 0 Å². The zero-order valence-corrected chi connectivity index (χ0v) is 16.0. The Balaban J connectivity index is 2.27. The second kappa shape index (κ2) is 7.40. The van der Waals surface area contributed by atoms with Crippen LogP contribution in [0.1, 0.15) is 13.8 Å². The van der Waals surface area contributed by atoms with Gasteiger partial charge in [0.2, 0.25) is 5.89 Å². The van der Waals surface area contributed by atoms with Gasteiger partial charge in [-0.15, -0.1) is 0 Å². The third kappa shape index (κ3) is 3.80. The lowest BCUT2D eigenvalue weighted by Crippen LogP contribution is -2.07. The fraction of sp³-hybridized carbons (Fsp3) is 0.263. The molecule has 3 rings (SSSR count). The fourth-order valence-electron chi connectivity index (χ4n) is 2.70. The minimum absolute atomic E-state index is 0.0379. The van der Waals surface area contributed by atoms with Crippen LogP contribution in [0.3, 0.4) is 0 Å². The number of benzene rings is 2. The molecule has 3 aromatic rings. The Labute approximate surface area is 156 Å². The summed E-state index contributed by atoms with van der Waals surface area (Å²) in [4.78, 5) is 16.9. The number of hydrogen-bond acceptors (Lipinski definition) is 7. The van der Waals surface area contributed by atoms with Crippen molar-refractivity contribution in [2.75, 3.05) is 19.5 Å². The van der Waals surface area contributed by atoms with Gasteiger partial charge >= 0.3 is 5.63 Å². The number of rotatable bonds is 6. The summed E-state index contributed by atoms with van der Waals surface area (Å²) in [6, 6.07) is 9.36. The van der Waals surface area contributed by atoms with E-state index in [4.69, 9.17) is 13.9 Å². The zero-order valence-electron chi connectivity index (χ0n) is 15.2. The average Bonchev–Trinajstić information content (AvgIpc) is 2.62. The quantitative estimate of drug-likeness (QED) is 0.639. The minimum Gasteiger partial charge on any atom is -0.490 e. The van der Waals surface area contributed by atoms with Gasteiger partial charge in [0.1, 0.15) is 0 Å². The Hall–Kier alpha value is -2.87. The molecule has 0 atom stereocenters. The summed E-state index contributed by atoms with van der Waals surface area (Å²) in [6.45, 7) is 4.48. The molecule has 0 saturated heterocycles. The highest BCUT2D eigenvalue weighted by Crippen LogP contribution is 2.32. The molecule has 0 spiro atoms. The van der Waals surface area contributed by atoms with Gasteiger partial charge in [-0.1, -0.05) is 12.1 Å². The second-order valence-electron chi connectivity index (χ2n) is 5.76. The van der Waals surface area contributed by atoms with E-state index in [1.165, 1.54) is 12.1 Å². The highest BCUT2D eigenvalue weighted by molar-refractivity contribution is 7.90. The standard InChI is InChI=1S/C19H19NO6S/c1-4-24-15-10-13-14(11-16(15)25-5-2)20-18(26-19(13)21)12-8-6-7-9-17(12)27(3,22)23/h6-11H,4-5H2,1-3H3. The van der Waals surface area contributed by atoms with E-state index in [-0.39, 0.29) is 21.7 Å². The van der Waals surface area contributed by atoms with E-state index in [9.17, 15) is 13.2 Å². The van der Waals surface area contributed by atoms with Crippen molar-refractivity contribution < 1.29 is 22.3 Å². The third-order valence-electron chi connectivity index (χ3n) is 3.81. The predicted octanol–water partition coefficient (Wildman–Crippen LogP) is 3.06. The van der Waals surface area contributed by atoms with Crippen molar-refractivity contribution in [2.45, 2.75) is 18.7 Å². The lowest BCUT2D eigenvalue weighted by atomic mass is 10.2. The van der Waals surface area contributed by atoms with Crippen molar-refractivity contribution in [2.24, 2.45) is 0 Å². The number of fused-ring (bicyclic) bond motifs is 1. The molecule has 8 heteroatoms. The van der Waals surface area contributed by atoms with Crippen LogP contribution in [-0.2, 0) is 9.84 Å². The van der Waals surface area contributed by atoms with E-state index in [0.29, 0.717) is 30.2 Å². The SMILES string of the molecule is CCOc1cc2nc(-c3ccccc3S(C)(=O)=O)oc(=O)c2cc1OCC. The van der Waals surface area contributed by atoms with Gasteiger partial charge in [0.15, 0.2) is 21.3 Å². The molecule has 0 saturated carbocycles. The maximum absolute atomic E-state index is 12.5. The molecular weight excluding hydrogens is 370 g/mol. The molecule has 0 radical (unpaired) electrons. The molecule has 0 aliphatic rings. The summed E-state index contributed by atoms with van der Waals surface area (Å²) in [5.41, 5.74) is -0.0791. The molecule has 0 unspecified atom stereocenters. The molecule has 1 aromatic heterocycles. The van der Waals surface area contributed by atoms with Crippen LogP contribution in [0.15, 0.2) is 50.5 Å². The molecule has 0 N–H and O–H groups in total. The van der Waals surface area contributed by atoms with Crippen LogP contribution < -0.4 is 15.1 Å². The first-order valence-electron chi connectivity index (χ1n) is 8.39. The maximum Gasteiger partial charge on any atom is 0.347 e.